The highest BCUT2D eigenvalue weighted by Gasteiger charge is 2.40. The number of likely N-dealkylation sites (tertiary alicyclic amines) is 1. The van der Waals surface area contributed by atoms with Crippen molar-refractivity contribution in [3.8, 4) is 0 Å². The average molecular weight is 269 g/mol. The molecule has 0 saturated carbocycles. The van der Waals surface area contributed by atoms with E-state index in [0.717, 1.165) is 4.90 Å². The second kappa shape index (κ2) is 5.33. The van der Waals surface area contributed by atoms with Gasteiger partial charge in [0.25, 0.3) is 5.91 Å². The molecular weight excluding hydrogens is 254 g/mol. The Balaban J connectivity index is 2.15. The number of aromatic nitrogens is 3. The van der Waals surface area contributed by atoms with Gasteiger partial charge in [-0.3, -0.25) is 9.48 Å². The molecule has 0 aromatic carbocycles. The van der Waals surface area contributed by atoms with Gasteiger partial charge in [0.05, 0.1) is 18.8 Å². The van der Waals surface area contributed by atoms with Crippen molar-refractivity contribution in [1.82, 2.24) is 19.9 Å². The van der Waals surface area contributed by atoms with E-state index in [0.29, 0.717) is 13.1 Å². The molecule has 2 rings (SSSR count). The number of aliphatic hydroxyl groups excluding tert-OH is 1. The van der Waals surface area contributed by atoms with Crippen molar-refractivity contribution in [2.24, 2.45) is 5.73 Å². The zero-order valence-corrected chi connectivity index (χ0v) is 10.1. The van der Waals surface area contributed by atoms with Crippen LogP contribution in [0.3, 0.4) is 0 Å². The smallest absolute Gasteiger partial charge is 0.326 e. The number of hydrogen-bond donors (Lipinski definition) is 3. The highest BCUT2D eigenvalue weighted by Crippen LogP contribution is 2.20. The van der Waals surface area contributed by atoms with Gasteiger partial charge in [0.1, 0.15) is 6.04 Å². The van der Waals surface area contributed by atoms with Crippen LogP contribution in [0.15, 0.2) is 6.20 Å². The van der Waals surface area contributed by atoms with Crippen LogP contribution in [0, 0.1) is 0 Å². The Morgan fingerprint density at radius 1 is 1.53 bits per heavy atom. The van der Waals surface area contributed by atoms with Crippen molar-refractivity contribution in [3.63, 3.8) is 0 Å². The maximum atomic E-state index is 12.1. The number of aliphatic carboxylic acids is 1. The fourth-order valence-electron chi connectivity index (χ4n) is 2.06. The molecule has 2 heterocycles. The van der Waals surface area contributed by atoms with Gasteiger partial charge in [-0.2, -0.15) is 0 Å². The summed E-state index contributed by atoms with van der Waals surface area (Å²) in [5.74, 6) is -1.69. The van der Waals surface area contributed by atoms with Crippen LogP contribution in [-0.2, 0) is 11.3 Å². The summed E-state index contributed by atoms with van der Waals surface area (Å²) < 4.78 is 1.41. The van der Waals surface area contributed by atoms with Crippen LogP contribution in [0.2, 0.25) is 0 Å². The van der Waals surface area contributed by atoms with Crippen molar-refractivity contribution >= 4 is 11.9 Å². The van der Waals surface area contributed by atoms with Gasteiger partial charge in [-0.05, 0) is 0 Å². The molecule has 1 aliphatic rings. The zero-order chi connectivity index (χ0) is 14.0. The van der Waals surface area contributed by atoms with E-state index >= 15 is 0 Å². The minimum absolute atomic E-state index is 0.0143. The minimum atomic E-state index is -1.14. The standard InChI is InChI=1S/C10H15N5O4/c11-1-2-14-5-7(12-13-14)9(17)15-4-6(16)3-8(15)10(18)19/h5-6,8,16H,1-4,11H2,(H,18,19)/t6?,8-/m0/s1. The summed E-state index contributed by atoms with van der Waals surface area (Å²) in [7, 11) is 0. The second-order valence-electron chi connectivity index (χ2n) is 4.36. The van der Waals surface area contributed by atoms with E-state index in [1.54, 1.807) is 0 Å². The number of carboxylic acids is 1. The number of carbonyl (C=O) groups is 2. The van der Waals surface area contributed by atoms with Crippen molar-refractivity contribution in [2.75, 3.05) is 13.1 Å². The summed E-state index contributed by atoms with van der Waals surface area (Å²) in [6, 6.07) is -1.03. The molecule has 19 heavy (non-hydrogen) atoms. The van der Waals surface area contributed by atoms with Crippen LogP contribution in [0.25, 0.3) is 0 Å². The summed E-state index contributed by atoms with van der Waals surface area (Å²) >= 11 is 0. The SMILES string of the molecule is NCCn1cc(C(=O)N2CC(O)C[C@H]2C(=O)O)nn1. The summed E-state index contributed by atoms with van der Waals surface area (Å²) in [6.45, 7) is 0.766. The fraction of sp³-hybridized carbons (Fsp3) is 0.600. The number of nitrogens with two attached hydrogens (primary N) is 1. The van der Waals surface area contributed by atoms with E-state index in [1.807, 2.05) is 0 Å². The van der Waals surface area contributed by atoms with Crippen LogP contribution >= 0.6 is 0 Å². The Labute approximate surface area is 108 Å². The van der Waals surface area contributed by atoms with Gasteiger partial charge in [0, 0.05) is 19.5 Å². The molecular formula is C10H15N5O4. The average Bonchev–Trinajstić information content (AvgIpc) is 2.95. The number of amides is 1. The molecule has 0 radical (unpaired) electrons. The predicted molar refractivity (Wildman–Crippen MR) is 62.2 cm³/mol. The lowest BCUT2D eigenvalue weighted by Crippen LogP contribution is -2.40. The van der Waals surface area contributed by atoms with Gasteiger partial charge >= 0.3 is 5.97 Å². The Kier molecular flexibility index (Phi) is 3.76. The van der Waals surface area contributed by atoms with Crippen LogP contribution in [0.1, 0.15) is 16.9 Å². The molecule has 9 heteroatoms. The van der Waals surface area contributed by atoms with E-state index in [2.05, 4.69) is 10.3 Å². The van der Waals surface area contributed by atoms with Crippen molar-refractivity contribution in [3.05, 3.63) is 11.9 Å². The third kappa shape index (κ3) is 2.71. The van der Waals surface area contributed by atoms with Crippen LogP contribution in [0.5, 0.6) is 0 Å². The molecule has 1 aromatic heterocycles. The first kappa shape index (κ1) is 13.4. The van der Waals surface area contributed by atoms with Gasteiger partial charge in [-0.25, -0.2) is 4.79 Å². The summed E-state index contributed by atoms with van der Waals surface area (Å²) in [4.78, 5) is 24.3. The number of carboxylic acid groups (broad SMARTS) is 1. The third-order valence-corrected chi connectivity index (χ3v) is 2.94. The van der Waals surface area contributed by atoms with E-state index < -0.39 is 24.0 Å². The zero-order valence-electron chi connectivity index (χ0n) is 10.1. The normalized spacial score (nSPS) is 22.7. The number of aliphatic hydroxyl groups is 1. The molecule has 104 valence electrons. The Bertz CT molecular complexity index is 488. The molecule has 1 aromatic rings. The second-order valence-corrected chi connectivity index (χ2v) is 4.36. The van der Waals surface area contributed by atoms with Crippen LogP contribution < -0.4 is 5.73 Å². The van der Waals surface area contributed by atoms with Gasteiger partial charge in [-0.15, -0.1) is 5.10 Å². The fourth-order valence-corrected chi connectivity index (χ4v) is 2.06. The number of β-amino-alcohol motifs (C(OH)–C–C–N with tert-alkyl or cyclic N) is 1. The Hall–Kier alpha value is -2.00. The van der Waals surface area contributed by atoms with Crippen LogP contribution in [0.4, 0.5) is 0 Å². The maximum absolute atomic E-state index is 12.1. The first-order chi connectivity index (χ1) is 9.02. The topological polar surface area (TPSA) is 135 Å². The van der Waals surface area contributed by atoms with Crippen molar-refractivity contribution in [2.45, 2.75) is 25.1 Å². The Morgan fingerprint density at radius 2 is 2.26 bits per heavy atom. The molecule has 0 spiro atoms. The van der Waals surface area contributed by atoms with Crippen molar-refractivity contribution in [1.29, 1.82) is 0 Å². The monoisotopic (exact) mass is 269 g/mol. The van der Waals surface area contributed by atoms with Crippen LogP contribution in [-0.4, -0.2) is 67.2 Å². The third-order valence-electron chi connectivity index (χ3n) is 2.94. The lowest BCUT2D eigenvalue weighted by Gasteiger charge is -2.19. The molecule has 0 aliphatic carbocycles. The van der Waals surface area contributed by atoms with Gasteiger partial charge < -0.3 is 20.8 Å². The molecule has 1 fully saturated rings. The molecule has 1 unspecified atom stereocenters. The minimum Gasteiger partial charge on any atom is -0.480 e. The number of rotatable bonds is 4. The maximum Gasteiger partial charge on any atom is 0.326 e. The van der Waals surface area contributed by atoms with E-state index in [9.17, 15) is 14.7 Å². The summed E-state index contributed by atoms with van der Waals surface area (Å²) in [5, 5.41) is 25.9. The molecule has 4 N–H and O–H groups in total. The highest BCUT2D eigenvalue weighted by molar-refractivity contribution is 5.95. The van der Waals surface area contributed by atoms with E-state index in [1.165, 1.54) is 10.9 Å². The van der Waals surface area contributed by atoms with Gasteiger partial charge in [0.2, 0.25) is 0 Å². The van der Waals surface area contributed by atoms with Crippen molar-refractivity contribution < 1.29 is 19.8 Å². The molecule has 1 amide bonds. The quantitative estimate of drug-likeness (QED) is 0.569. The highest BCUT2D eigenvalue weighted by atomic mass is 16.4. The number of carbonyl (C=O) groups excluding carboxylic acids is 1. The molecule has 0 bridgehead atoms. The predicted octanol–water partition coefficient (Wildman–Crippen LogP) is -2.10. The largest absolute Gasteiger partial charge is 0.480 e. The van der Waals surface area contributed by atoms with E-state index in [4.69, 9.17) is 10.8 Å². The number of hydrogen-bond acceptors (Lipinski definition) is 6. The lowest BCUT2D eigenvalue weighted by molar-refractivity contribution is -0.141. The molecule has 1 saturated heterocycles. The van der Waals surface area contributed by atoms with E-state index in [-0.39, 0.29) is 18.7 Å². The first-order valence-electron chi connectivity index (χ1n) is 5.85. The first-order valence-corrected chi connectivity index (χ1v) is 5.85. The Morgan fingerprint density at radius 3 is 2.89 bits per heavy atom. The summed E-state index contributed by atoms with van der Waals surface area (Å²) in [5.41, 5.74) is 5.40. The summed E-state index contributed by atoms with van der Waals surface area (Å²) in [6.07, 6.45) is 0.612. The lowest BCUT2D eigenvalue weighted by atomic mass is 10.2. The number of nitrogens with zero attached hydrogens (tertiary/aromatic N) is 4. The van der Waals surface area contributed by atoms with Gasteiger partial charge in [0.15, 0.2) is 5.69 Å². The molecule has 2 atom stereocenters. The van der Waals surface area contributed by atoms with Gasteiger partial charge in [-0.1, -0.05) is 5.21 Å². The molecule has 9 nitrogen and oxygen atoms in total. The molecule has 1 aliphatic heterocycles.